The van der Waals surface area contributed by atoms with Gasteiger partial charge in [-0.15, -0.1) is 0 Å². The minimum Gasteiger partial charge on any atom is -0.444 e. The van der Waals surface area contributed by atoms with Crippen LogP contribution >= 0.6 is 0 Å². The van der Waals surface area contributed by atoms with Crippen LogP contribution in [0.15, 0.2) is 0 Å². The Hall–Kier alpha value is -1.26. The molecule has 0 aliphatic rings. The molecule has 0 aromatic rings. The van der Waals surface area contributed by atoms with Crippen molar-refractivity contribution in [3.8, 4) is 0 Å². The molecule has 0 bridgehead atoms. The van der Waals surface area contributed by atoms with Gasteiger partial charge in [0.05, 0.1) is 0 Å². The normalized spacial score (nSPS) is 13.3. The fourth-order valence-corrected chi connectivity index (χ4v) is 1.27. The average molecular weight is 244 g/mol. The highest BCUT2D eigenvalue weighted by molar-refractivity contribution is 5.76. The van der Waals surface area contributed by atoms with Gasteiger partial charge in [0.25, 0.3) is 0 Å². The number of hydrogen-bond acceptors (Lipinski definition) is 3. The summed E-state index contributed by atoms with van der Waals surface area (Å²) in [5, 5.41) is 2.66. The van der Waals surface area contributed by atoms with Gasteiger partial charge in [-0.2, -0.15) is 0 Å². The first-order valence-corrected chi connectivity index (χ1v) is 5.93. The smallest absolute Gasteiger partial charge is 0.407 e. The Balaban J connectivity index is 4.11. The fourth-order valence-electron chi connectivity index (χ4n) is 1.27. The first-order chi connectivity index (χ1) is 7.64. The van der Waals surface area contributed by atoms with E-state index in [4.69, 9.17) is 10.5 Å². The number of primary amides is 1. The number of nitrogens with one attached hydrogen (secondary N) is 1. The minimum absolute atomic E-state index is 0.0443. The van der Waals surface area contributed by atoms with Gasteiger partial charge in [0.15, 0.2) is 0 Å². The van der Waals surface area contributed by atoms with Gasteiger partial charge in [0.2, 0.25) is 5.91 Å². The van der Waals surface area contributed by atoms with Gasteiger partial charge in [-0.05, 0) is 40.5 Å². The second-order valence-corrected chi connectivity index (χ2v) is 5.29. The lowest BCUT2D eigenvalue weighted by atomic mass is 9.95. The Morgan fingerprint density at radius 3 is 2.24 bits per heavy atom. The topological polar surface area (TPSA) is 81.4 Å². The Morgan fingerprint density at radius 1 is 1.29 bits per heavy atom. The van der Waals surface area contributed by atoms with Crippen molar-refractivity contribution in [2.24, 2.45) is 11.7 Å². The molecule has 0 aromatic carbocycles. The van der Waals surface area contributed by atoms with Crippen molar-refractivity contribution in [2.45, 2.75) is 59.1 Å². The molecule has 1 unspecified atom stereocenters. The molecule has 5 heteroatoms. The third kappa shape index (κ3) is 7.60. The van der Waals surface area contributed by atoms with Crippen LogP contribution in [0.2, 0.25) is 0 Å². The van der Waals surface area contributed by atoms with E-state index in [0.29, 0.717) is 12.8 Å². The van der Waals surface area contributed by atoms with E-state index in [0.717, 1.165) is 0 Å². The van der Waals surface area contributed by atoms with Crippen LogP contribution in [-0.4, -0.2) is 23.6 Å². The van der Waals surface area contributed by atoms with Crippen molar-refractivity contribution < 1.29 is 14.3 Å². The summed E-state index contributed by atoms with van der Waals surface area (Å²) in [6, 6.07) is 0.0443. The molecule has 0 aliphatic carbocycles. The molecule has 0 heterocycles. The van der Waals surface area contributed by atoms with E-state index >= 15 is 0 Å². The molecule has 100 valence electrons. The van der Waals surface area contributed by atoms with Gasteiger partial charge in [0, 0.05) is 12.0 Å². The number of amides is 2. The Bertz CT molecular complexity index is 275. The summed E-state index contributed by atoms with van der Waals surface area (Å²) >= 11 is 0. The first kappa shape index (κ1) is 15.7. The molecule has 0 saturated carbocycles. The third-order valence-corrected chi connectivity index (χ3v) is 2.44. The number of carbonyl (C=O) groups excluding carboxylic acids is 2. The van der Waals surface area contributed by atoms with Crippen LogP contribution in [0.4, 0.5) is 4.79 Å². The van der Waals surface area contributed by atoms with Crippen molar-refractivity contribution >= 4 is 12.0 Å². The molecule has 0 rings (SSSR count). The lowest BCUT2D eigenvalue weighted by Crippen LogP contribution is -2.38. The predicted octanol–water partition coefficient (Wildman–Crippen LogP) is 1.80. The summed E-state index contributed by atoms with van der Waals surface area (Å²) in [6.07, 6.45) is 0.775. The van der Waals surface area contributed by atoms with Crippen LogP contribution in [0.5, 0.6) is 0 Å². The predicted molar refractivity (Wildman–Crippen MR) is 66.4 cm³/mol. The zero-order valence-electron chi connectivity index (χ0n) is 11.4. The van der Waals surface area contributed by atoms with E-state index in [1.807, 2.05) is 27.7 Å². The largest absolute Gasteiger partial charge is 0.444 e. The van der Waals surface area contributed by atoms with E-state index < -0.39 is 11.7 Å². The molecule has 0 aliphatic heterocycles. The maximum Gasteiger partial charge on any atom is 0.407 e. The lowest BCUT2D eigenvalue weighted by Gasteiger charge is -2.26. The Morgan fingerprint density at radius 2 is 1.82 bits per heavy atom. The molecule has 0 aromatic heterocycles. The molecular formula is C12H24N2O3. The monoisotopic (exact) mass is 244 g/mol. The summed E-state index contributed by atoms with van der Waals surface area (Å²) in [5.74, 6) is -0.529. The van der Waals surface area contributed by atoms with Crippen LogP contribution in [0.25, 0.3) is 0 Å². The number of ether oxygens (including phenoxy) is 1. The summed E-state index contributed by atoms with van der Waals surface area (Å²) < 4.78 is 5.28. The van der Waals surface area contributed by atoms with Crippen LogP contribution in [0.3, 0.4) is 0 Å². The molecular weight excluding hydrogens is 220 g/mol. The molecule has 0 fully saturated rings. The van der Waals surface area contributed by atoms with E-state index in [2.05, 4.69) is 5.32 Å². The van der Waals surface area contributed by atoms with Crippen molar-refractivity contribution in [3.05, 3.63) is 0 Å². The third-order valence-electron chi connectivity index (χ3n) is 2.44. The molecule has 17 heavy (non-hydrogen) atoms. The summed E-state index contributed by atoms with van der Waals surface area (Å²) in [6.45, 7) is 9.14. The first-order valence-electron chi connectivity index (χ1n) is 5.93. The van der Waals surface area contributed by atoms with E-state index in [9.17, 15) is 9.59 Å². The SMILES string of the molecule is CC(C)NC(=O)OC(C)(C)CCC(C)C(N)=O. The Kier molecular flexibility index (Phi) is 5.99. The second-order valence-electron chi connectivity index (χ2n) is 5.29. The van der Waals surface area contributed by atoms with Gasteiger partial charge in [0.1, 0.15) is 5.60 Å². The highest BCUT2D eigenvalue weighted by atomic mass is 16.6. The molecule has 5 nitrogen and oxygen atoms in total. The number of rotatable bonds is 6. The van der Waals surface area contributed by atoms with E-state index in [1.165, 1.54) is 0 Å². The molecule has 0 radical (unpaired) electrons. The number of carbonyl (C=O) groups is 2. The zero-order valence-corrected chi connectivity index (χ0v) is 11.4. The highest BCUT2D eigenvalue weighted by Gasteiger charge is 2.24. The summed E-state index contributed by atoms with van der Waals surface area (Å²) in [4.78, 5) is 22.3. The zero-order chi connectivity index (χ0) is 13.6. The second kappa shape index (κ2) is 6.47. The number of hydrogen-bond donors (Lipinski definition) is 2. The van der Waals surface area contributed by atoms with Crippen molar-refractivity contribution in [1.29, 1.82) is 0 Å². The number of nitrogens with two attached hydrogens (primary N) is 1. The van der Waals surface area contributed by atoms with E-state index in [-0.39, 0.29) is 17.9 Å². The summed E-state index contributed by atoms with van der Waals surface area (Å²) in [5.41, 5.74) is 4.58. The van der Waals surface area contributed by atoms with Crippen LogP contribution in [0.1, 0.15) is 47.5 Å². The molecule has 3 N–H and O–H groups in total. The maximum atomic E-state index is 11.4. The maximum absolute atomic E-state index is 11.4. The molecule has 0 spiro atoms. The van der Waals surface area contributed by atoms with E-state index in [1.54, 1.807) is 6.92 Å². The van der Waals surface area contributed by atoms with Crippen molar-refractivity contribution in [2.75, 3.05) is 0 Å². The molecule has 2 amide bonds. The van der Waals surface area contributed by atoms with Gasteiger partial charge in [-0.1, -0.05) is 6.92 Å². The quantitative estimate of drug-likeness (QED) is 0.747. The van der Waals surface area contributed by atoms with Crippen molar-refractivity contribution in [3.63, 3.8) is 0 Å². The van der Waals surface area contributed by atoms with Gasteiger partial charge in [-0.25, -0.2) is 4.79 Å². The fraction of sp³-hybridized carbons (Fsp3) is 0.833. The van der Waals surface area contributed by atoms with Crippen molar-refractivity contribution in [1.82, 2.24) is 5.32 Å². The molecule has 0 saturated heterocycles. The van der Waals surface area contributed by atoms with Gasteiger partial charge >= 0.3 is 6.09 Å². The average Bonchev–Trinajstić information content (AvgIpc) is 2.11. The summed E-state index contributed by atoms with van der Waals surface area (Å²) in [7, 11) is 0. The molecule has 1 atom stereocenters. The lowest BCUT2D eigenvalue weighted by molar-refractivity contribution is -0.121. The van der Waals surface area contributed by atoms with Gasteiger partial charge < -0.3 is 15.8 Å². The van der Waals surface area contributed by atoms with Crippen LogP contribution in [0, 0.1) is 5.92 Å². The van der Waals surface area contributed by atoms with Crippen LogP contribution < -0.4 is 11.1 Å². The highest BCUT2D eigenvalue weighted by Crippen LogP contribution is 2.20. The number of alkyl carbamates (subject to hydrolysis) is 1. The van der Waals surface area contributed by atoms with Gasteiger partial charge in [-0.3, -0.25) is 4.79 Å². The van der Waals surface area contributed by atoms with Crippen LogP contribution in [-0.2, 0) is 9.53 Å². The minimum atomic E-state index is -0.595. The standard InChI is InChI=1S/C12H24N2O3/c1-8(2)14-11(16)17-12(4,5)7-6-9(3)10(13)15/h8-9H,6-7H2,1-5H3,(H2,13,15)(H,14,16). The Labute approximate surface area is 103 Å².